The highest BCUT2D eigenvalue weighted by atomic mass is 16.5. The van der Waals surface area contributed by atoms with Crippen LogP contribution in [0.25, 0.3) is 0 Å². The van der Waals surface area contributed by atoms with E-state index in [2.05, 4.69) is 10.6 Å². The van der Waals surface area contributed by atoms with Gasteiger partial charge in [-0.15, -0.1) is 0 Å². The molecule has 20 heavy (non-hydrogen) atoms. The summed E-state index contributed by atoms with van der Waals surface area (Å²) in [6.45, 7) is 5.75. The van der Waals surface area contributed by atoms with Crippen LogP contribution in [0.2, 0.25) is 0 Å². The summed E-state index contributed by atoms with van der Waals surface area (Å²) in [5, 5.41) is 5.44. The maximum absolute atomic E-state index is 12.1. The molecule has 0 unspecified atom stereocenters. The second kappa shape index (κ2) is 8.19. The smallest absolute Gasteiger partial charge is 0.407 e. The molecule has 0 heterocycles. The van der Waals surface area contributed by atoms with Crippen LogP contribution >= 0.6 is 0 Å². The van der Waals surface area contributed by atoms with Crippen LogP contribution in [0.5, 0.6) is 0 Å². The molecule has 2 amide bonds. The molecule has 2 N–H and O–H groups in total. The average Bonchev–Trinajstić information content (AvgIpc) is 2.45. The van der Waals surface area contributed by atoms with Crippen molar-refractivity contribution in [1.82, 2.24) is 10.6 Å². The molecule has 0 aliphatic heterocycles. The number of ether oxygens (including phenoxy) is 1. The molecule has 0 saturated heterocycles. The van der Waals surface area contributed by atoms with Crippen LogP contribution in [-0.2, 0) is 9.53 Å². The fourth-order valence-corrected chi connectivity index (χ4v) is 1.81. The largest absolute Gasteiger partial charge is 0.450 e. The number of hydrogen-bond donors (Lipinski definition) is 2. The van der Waals surface area contributed by atoms with Crippen LogP contribution in [0, 0.1) is 0 Å². The number of rotatable bonds is 6. The molecule has 2 atom stereocenters. The third kappa shape index (κ3) is 4.91. The number of benzene rings is 1. The normalized spacial score (nSPS) is 13.2. The zero-order valence-electron chi connectivity index (χ0n) is 12.2. The Morgan fingerprint density at radius 2 is 1.80 bits per heavy atom. The van der Waals surface area contributed by atoms with Gasteiger partial charge in [0, 0.05) is 0 Å². The standard InChI is InChI=1S/C15H22N2O3/c1-4-13(17-15(19)20-5-2)14(18)16-11(3)12-9-7-6-8-10-12/h6-11,13H,4-5H2,1-3H3,(H,16,18)(H,17,19)/t11-,13+/m1/s1. The highest BCUT2D eigenvalue weighted by Gasteiger charge is 2.21. The molecule has 0 aromatic heterocycles. The Bertz CT molecular complexity index is 434. The molecule has 0 spiro atoms. The first-order valence-corrected chi connectivity index (χ1v) is 6.87. The maximum Gasteiger partial charge on any atom is 0.407 e. The summed E-state index contributed by atoms with van der Waals surface area (Å²) in [7, 11) is 0. The number of nitrogens with one attached hydrogen (secondary N) is 2. The summed E-state index contributed by atoms with van der Waals surface area (Å²) < 4.78 is 4.78. The second-order valence-electron chi connectivity index (χ2n) is 4.47. The zero-order valence-corrected chi connectivity index (χ0v) is 12.2. The van der Waals surface area contributed by atoms with Crippen molar-refractivity contribution in [3.05, 3.63) is 35.9 Å². The van der Waals surface area contributed by atoms with Gasteiger partial charge in [0.2, 0.25) is 5.91 Å². The molecule has 0 aliphatic rings. The van der Waals surface area contributed by atoms with Crippen molar-refractivity contribution in [1.29, 1.82) is 0 Å². The van der Waals surface area contributed by atoms with Gasteiger partial charge < -0.3 is 15.4 Å². The van der Waals surface area contributed by atoms with E-state index in [1.54, 1.807) is 6.92 Å². The summed E-state index contributed by atoms with van der Waals surface area (Å²) in [5.74, 6) is -0.211. The summed E-state index contributed by atoms with van der Waals surface area (Å²) >= 11 is 0. The van der Waals surface area contributed by atoms with Crippen molar-refractivity contribution in [3.63, 3.8) is 0 Å². The number of carbonyl (C=O) groups is 2. The lowest BCUT2D eigenvalue weighted by Crippen LogP contribution is -2.47. The Hall–Kier alpha value is -2.04. The number of amides is 2. The fraction of sp³-hybridized carbons (Fsp3) is 0.467. The van der Waals surface area contributed by atoms with Gasteiger partial charge in [0.15, 0.2) is 0 Å². The molecule has 1 rings (SSSR count). The van der Waals surface area contributed by atoms with E-state index in [1.807, 2.05) is 44.2 Å². The number of alkyl carbamates (subject to hydrolysis) is 1. The minimum Gasteiger partial charge on any atom is -0.450 e. The van der Waals surface area contributed by atoms with Crippen molar-refractivity contribution in [3.8, 4) is 0 Å². The topological polar surface area (TPSA) is 67.4 Å². The van der Waals surface area contributed by atoms with Gasteiger partial charge in [0.25, 0.3) is 0 Å². The average molecular weight is 278 g/mol. The Labute approximate surface area is 119 Å². The van der Waals surface area contributed by atoms with Crippen LogP contribution in [0.4, 0.5) is 4.79 Å². The highest BCUT2D eigenvalue weighted by molar-refractivity contribution is 5.85. The zero-order chi connectivity index (χ0) is 15.0. The van der Waals surface area contributed by atoms with Gasteiger partial charge in [-0.05, 0) is 25.8 Å². The molecule has 110 valence electrons. The Balaban J connectivity index is 2.57. The summed E-state index contributed by atoms with van der Waals surface area (Å²) in [6.07, 6.45) is -0.0616. The van der Waals surface area contributed by atoms with E-state index in [0.29, 0.717) is 6.42 Å². The minimum absolute atomic E-state index is 0.109. The minimum atomic E-state index is -0.583. The molecule has 5 heteroatoms. The van der Waals surface area contributed by atoms with Gasteiger partial charge in [-0.2, -0.15) is 0 Å². The van der Waals surface area contributed by atoms with Gasteiger partial charge in [0.05, 0.1) is 12.6 Å². The summed E-state index contributed by atoms with van der Waals surface area (Å²) in [4.78, 5) is 23.5. The first kappa shape index (κ1) is 16.0. The van der Waals surface area contributed by atoms with Gasteiger partial charge in [-0.1, -0.05) is 37.3 Å². The molecular weight excluding hydrogens is 256 g/mol. The van der Waals surface area contributed by atoms with E-state index in [0.717, 1.165) is 5.56 Å². The van der Waals surface area contributed by atoms with Crippen molar-refractivity contribution in [2.75, 3.05) is 6.61 Å². The van der Waals surface area contributed by atoms with Crippen molar-refractivity contribution >= 4 is 12.0 Å². The lowest BCUT2D eigenvalue weighted by molar-refractivity contribution is -0.123. The predicted octanol–water partition coefficient (Wildman–Crippen LogP) is 2.39. The molecule has 0 radical (unpaired) electrons. The Morgan fingerprint density at radius 1 is 1.15 bits per heavy atom. The van der Waals surface area contributed by atoms with Crippen LogP contribution in [0.15, 0.2) is 30.3 Å². The second-order valence-corrected chi connectivity index (χ2v) is 4.47. The van der Waals surface area contributed by atoms with Gasteiger partial charge >= 0.3 is 6.09 Å². The lowest BCUT2D eigenvalue weighted by atomic mass is 10.1. The first-order chi connectivity index (χ1) is 9.58. The molecular formula is C15H22N2O3. The van der Waals surface area contributed by atoms with Crippen molar-refractivity contribution in [2.24, 2.45) is 0 Å². The molecule has 5 nitrogen and oxygen atoms in total. The van der Waals surface area contributed by atoms with Crippen LogP contribution in [0.1, 0.15) is 38.8 Å². The maximum atomic E-state index is 12.1. The molecule has 0 fully saturated rings. The highest BCUT2D eigenvalue weighted by Crippen LogP contribution is 2.11. The van der Waals surface area contributed by atoms with E-state index >= 15 is 0 Å². The molecule has 1 aromatic rings. The Kier molecular flexibility index (Phi) is 6.56. The van der Waals surface area contributed by atoms with Gasteiger partial charge in [0.1, 0.15) is 6.04 Å². The molecule has 0 bridgehead atoms. The molecule has 0 aliphatic carbocycles. The van der Waals surface area contributed by atoms with Crippen LogP contribution in [0.3, 0.4) is 0 Å². The number of carbonyl (C=O) groups excluding carboxylic acids is 2. The SMILES string of the molecule is CCOC(=O)N[C@@H](CC)C(=O)N[C@H](C)c1ccccc1. The van der Waals surface area contributed by atoms with E-state index in [1.165, 1.54) is 0 Å². The van der Waals surface area contributed by atoms with E-state index in [9.17, 15) is 9.59 Å². The van der Waals surface area contributed by atoms with Gasteiger partial charge in [-0.25, -0.2) is 4.79 Å². The fourth-order valence-electron chi connectivity index (χ4n) is 1.81. The lowest BCUT2D eigenvalue weighted by Gasteiger charge is -2.20. The monoisotopic (exact) mass is 278 g/mol. The quantitative estimate of drug-likeness (QED) is 0.839. The van der Waals surface area contributed by atoms with Crippen molar-refractivity contribution in [2.45, 2.75) is 39.3 Å². The summed E-state index contributed by atoms with van der Waals surface area (Å²) in [5.41, 5.74) is 1.02. The third-order valence-electron chi connectivity index (χ3n) is 2.95. The molecule has 0 saturated carbocycles. The first-order valence-electron chi connectivity index (χ1n) is 6.87. The summed E-state index contributed by atoms with van der Waals surface area (Å²) in [6, 6.07) is 8.98. The van der Waals surface area contributed by atoms with Gasteiger partial charge in [-0.3, -0.25) is 4.79 Å². The Morgan fingerprint density at radius 3 is 2.35 bits per heavy atom. The van der Waals surface area contributed by atoms with E-state index < -0.39 is 12.1 Å². The number of hydrogen-bond acceptors (Lipinski definition) is 3. The van der Waals surface area contributed by atoms with E-state index in [-0.39, 0.29) is 18.6 Å². The van der Waals surface area contributed by atoms with Crippen LogP contribution < -0.4 is 10.6 Å². The van der Waals surface area contributed by atoms with E-state index in [4.69, 9.17) is 4.74 Å². The van der Waals surface area contributed by atoms with Crippen LogP contribution in [-0.4, -0.2) is 24.6 Å². The third-order valence-corrected chi connectivity index (χ3v) is 2.95. The van der Waals surface area contributed by atoms with Crippen molar-refractivity contribution < 1.29 is 14.3 Å². The molecule has 1 aromatic carbocycles. The predicted molar refractivity (Wildman–Crippen MR) is 77.2 cm³/mol.